The van der Waals surface area contributed by atoms with Crippen molar-refractivity contribution in [2.24, 2.45) is 5.73 Å². The molecule has 0 bridgehead atoms. The van der Waals surface area contributed by atoms with Gasteiger partial charge >= 0.3 is 18.0 Å². The van der Waals surface area contributed by atoms with Gasteiger partial charge in [0, 0.05) is 2.85 Å². The minimum atomic E-state index is -4.52. The van der Waals surface area contributed by atoms with E-state index in [4.69, 9.17) is 0 Å². The van der Waals surface area contributed by atoms with Crippen LogP contribution in [0.2, 0.25) is 0 Å². The Hall–Kier alpha value is -1.27. The third-order valence-corrected chi connectivity index (χ3v) is 0.673. The lowest BCUT2D eigenvalue weighted by Crippen LogP contribution is -2.40. The maximum Gasteiger partial charge on any atom is 0.405 e. The van der Waals surface area contributed by atoms with Gasteiger partial charge < -0.3 is 11.1 Å². The molecule has 3 N–H and O–H groups in total. The number of hydrogen-bond donors (Lipinski definition) is 2. The lowest BCUT2D eigenvalue weighted by Gasteiger charge is -2.05. The molecule has 0 radical (unpaired) electrons. The Morgan fingerprint density at radius 1 is 1.45 bits per heavy atom. The van der Waals surface area contributed by atoms with Crippen LogP contribution < -0.4 is 11.1 Å². The average Bonchev–Trinajstić information content (AvgIpc) is 1.80. The number of rotatable bonds is 1. The molecule has 0 spiro atoms. The van der Waals surface area contributed by atoms with Crippen molar-refractivity contribution in [2.75, 3.05) is 6.54 Å². The molecule has 0 unspecified atom stereocenters. The van der Waals surface area contributed by atoms with Crippen LogP contribution in [0, 0.1) is 0 Å². The van der Waals surface area contributed by atoms with Gasteiger partial charge in [-0.3, -0.25) is 9.59 Å². The standard InChI is InChI=1S/C4H5F3N2O2.2H2/c5-4(6,7)1-9-3(11)2(8)10;;/h1H2,(H2,8,10)(H,9,11);2*1H. The normalized spacial score (nSPS) is 10.8. The van der Waals surface area contributed by atoms with Crippen molar-refractivity contribution < 1.29 is 25.6 Å². The summed E-state index contributed by atoms with van der Waals surface area (Å²) in [4.78, 5) is 20.0. The Morgan fingerprint density at radius 3 is 2.18 bits per heavy atom. The zero-order valence-electron chi connectivity index (χ0n) is 5.23. The van der Waals surface area contributed by atoms with E-state index in [1.165, 1.54) is 5.32 Å². The number of amides is 2. The van der Waals surface area contributed by atoms with Crippen LogP contribution in [0.4, 0.5) is 13.2 Å². The van der Waals surface area contributed by atoms with Crippen molar-refractivity contribution >= 4 is 11.8 Å². The van der Waals surface area contributed by atoms with Gasteiger partial charge in [-0.15, -0.1) is 0 Å². The van der Waals surface area contributed by atoms with E-state index in [1.807, 2.05) is 0 Å². The first-order valence-electron chi connectivity index (χ1n) is 2.47. The first-order chi connectivity index (χ1) is 4.83. The summed E-state index contributed by atoms with van der Waals surface area (Å²) in [5.41, 5.74) is 4.35. The monoisotopic (exact) mass is 174 g/mol. The van der Waals surface area contributed by atoms with Crippen LogP contribution in [0.25, 0.3) is 0 Å². The van der Waals surface area contributed by atoms with Gasteiger partial charge in [0.2, 0.25) is 0 Å². The van der Waals surface area contributed by atoms with Crippen molar-refractivity contribution in [3.63, 3.8) is 0 Å². The van der Waals surface area contributed by atoms with E-state index in [0.717, 1.165) is 0 Å². The molecule has 0 heterocycles. The number of nitrogens with two attached hydrogens (primary N) is 1. The van der Waals surface area contributed by atoms with E-state index < -0.39 is 24.5 Å². The van der Waals surface area contributed by atoms with Gasteiger partial charge in [-0.1, -0.05) is 0 Å². The van der Waals surface area contributed by atoms with Gasteiger partial charge in [-0.05, 0) is 0 Å². The van der Waals surface area contributed by atoms with E-state index >= 15 is 0 Å². The Balaban J connectivity index is -0.000000500. The van der Waals surface area contributed by atoms with Crippen LogP contribution in [-0.2, 0) is 9.59 Å². The molecule has 0 aromatic carbocycles. The molecule has 0 rings (SSSR count). The summed E-state index contributed by atoms with van der Waals surface area (Å²) < 4.78 is 33.9. The predicted molar refractivity (Wildman–Crippen MR) is 32.5 cm³/mol. The third-order valence-electron chi connectivity index (χ3n) is 0.673. The lowest BCUT2D eigenvalue weighted by atomic mass is 10.5. The predicted octanol–water partition coefficient (Wildman–Crippen LogP) is -0.358. The van der Waals surface area contributed by atoms with Crippen molar-refractivity contribution in [1.29, 1.82) is 0 Å². The highest BCUT2D eigenvalue weighted by atomic mass is 19.4. The van der Waals surface area contributed by atoms with Crippen molar-refractivity contribution in [3.05, 3.63) is 0 Å². The molecule has 0 saturated heterocycles. The molecule has 2 amide bonds. The quantitative estimate of drug-likeness (QED) is 0.533. The van der Waals surface area contributed by atoms with Crippen LogP contribution in [0.15, 0.2) is 0 Å². The Bertz CT molecular complexity index is 185. The van der Waals surface area contributed by atoms with E-state index in [2.05, 4.69) is 5.73 Å². The van der Waals surface area contributed by atoms with Crippen molar-refractivity contribution in [2.45, 2.75) is 6.18 Å². The first kappa shape index (κ1) is 9.73. The SMILES string of the molecule is NC(=O)C(=O)NCC(F)(F)F.[HH].[HH]. The average molecular weight is 174 g/mol. The van der Waals surface area contributed by atoms with Crippen LogP contribution in [0.3, 0.4) is 0 Å². The van der Waals surface area contributed by atoms with E-state index in [1.54, 1.807) is 0 Å². The maximum atomic E-state index is 11.3. The van der Waals surface area contributed by atoms with Crippen LogP contribution in [0.5, 0.6) is 0 Å². The molecule has 68 valence electrons. The first-order valence-corrected chi connectivity index (χ1v) is 2.47. The second-order valence-electron chi connectivity index (χ2n) is 1.66. The fraction of sp³-hybridized carbons (Fsp3) is 0.500. The molecular formula is C4H9F3N2O2. The zero-order valence-corrected chi connectivity index (χ0v) is 5.23. The number of carbonyl (C=O) groups is 2. The summed E-state index contributed by atoms with van der Waals surface area (Å²) in [6.07, 6.45) is -4.52. The highest BCUT2D eigenvalue weighted by Crippen LogP contribution is 2.11. The number of hydrogen-bond acceptors (Lipinski definition) is 2. The summed E-state index contributed by atoms with van der Waals surface area (Å²) in [6, 6.07) is 0. The number of nitrogens with one attached hydrogen (secondary N) is 1. The number of primary amides is 1. The molecule has 0 atom stereocenters. The highest BCUT2D eigenvalue weighted by molar-refractivity contribution is 6.34. The summed E-state index contributed by atoms with van der Waals surface area (Å²) in [5.74, 6) is -2.88. The third kappa shape index (κ3) is 5.19. The van der Waals surface area contributed by atoms with Gasteiger partial charge in [0.05, 0.1) is 0 Å². The van der Waals surface area contributed by atoms with E-state index in [9.17, 15) is 22.8 Å². The Morgan fingerprint density at radius 2 is 1.91 bits per heavy atom. The zero-order chi connectivity index (χ0) is 9.07. The molecule has 0 aromatic rings. The van der Waals surface area contributed by atoms with Crippen molar-refractivity contribution in [1.82, 2.24) is 5.32 Å². The molecule has 0 aliphatic carbocycles. The van der Waals surface area contributed by atoms with Gasteiger partial charge in [0.1, 0.15) is 6.54 Å². The van der Waals surface area contributed by atoms with Gasteiger partial charge in [-0.25, -0.2) is 0 Å². The minimum absolute atomic E-state index is 0. The molecule has 0 aromatic heterocycles. The largest absolute Gasteiger partial charge is 0.405 e. The molecular weight excluding hydrogens is 165 g/mol. The summed E-state index contributed by atoms with van der Waals surface area (Å²) in [7, 11) is 0. The van der Waals surface area contributed by atoms with Gasteiger partial charge in [-0.2, -0.15) is 13.2 Å². The second-order valence-corrected chi connectivity index (χ2v) is 1.66. The number of alkyl halides is 3. The van der Waals surface area contributed by atoms with Crippen LogP contribution in [0.1, 0.15) is 2.85 Å². The molecule has 0 saturated carbocycles. The molecule has 11 heavy (non-hydrogen) atoms. The summed E-state index contributed by atoms with van der Waals surface area (Å²) in [5, 5.41) is 1.28. The van der Waals surface area contributed by atoms with Crippen LogP contribution >= 0.6 is 0 Å². The van der Waals surface area contributed by atoms with Crippen molar-refractivity contribution in [3.8, 4) is 0 Å². The lowest BCUT2D eigenvalue weighted by molar-refractivity contribution is -0.145. The molecule has 0 aliphatic heterocycles. The molecule has 0 fully saturated rings. The Labute approximate surface area is 62.5 Å². The smallest absolute Gasteiger partial charge is 0.361 e. The van der Waals surface area contributed by atoms with E-state index in [-0.39, 0.29) is 2.85 Å². The number of halogens is 3. The molecule has 4 nitrogen and oxygen atoms in total. The van der Waals surface area contributed by atoms with Crippen LogP contribution in [-0.4, -0.2) is 24.5 Å². The maximum absolute atomic E-state index is 11.3. The molecule has 7 heteroatoms. The number of carbonyl (C=O) groups excluding carboxylic acids is 2. The summed E-state index contributed by atoms with van der Waals surface area (Å²) >= 11 is 0. The summed E-state index contributed by atoms with van der Waals surface area (Å²) in [6.45, 7) is -1.55. The van der Waals surface area contributed by atoms with Gasteiger partial charge in [0.25, 0.3) is 0 Å². The Kier molecular flexibility index (Phi) is 2.85. The second kappa shape index (κ2) is 3.22. The fourth-order valence-corrected chi connectivity index (χ4v) is 0.268. The minimum Gasteiger partial charge on any atom is -0.361 e. The fourth-order valence-electron chi connectivity index (χ4n) is 0.268. The van der Waals surface area contributed by atoms with Gasteiger partial charge in [0.15, 0.2) is 0 Å². The molecule has 0 aliphatic rings. The highest BCUT2D eigenvalue weighted by Gasteiger charge is 2.28. The van der Waals surface area contributed by atoms with E-state index in [0.29, 0.717) is 0 Å². The topological polar surface area (TPSA) is 72.2 Å².